The maximum absolute atomic E-state index is 10.8. The molecule has 0 heterocycles. The van der Waals surface area contributed by atoms with Gasteiger partial charge in [-0.15, -0.1) is 0 Å². The van der Waals surface area contributed by atoms with Gasteiger partial charge in [0, 0.05) is 5.92 Å². The third-order valence-electron chi connectivity index (χ3n) is 3.16. The molecule has 2 aliphatic rings. The van der Waals surface area contributed by atoms with Crippen LogP contribution in [0.1, 0.15) is 12.5 Å². The second-order valence-corrected chi connectivity index (χ2v) is 5.04. The first-order chi connectivity index (χ1) is 9.70. The summed E-state index contributed by atoms with van der Waals surface area (Å²) in [6.07, 6.45) is 8.40. The molecule has 1 unspecified atom stereocenters. The summed E-state index contributed by atoms with van der Waals surface area (Å²) in [5.74, 6) is 2.25. The Balaban J connectivity index is 1.55. The Kier molecular flexibility index (Phi) is 3.52. The quantitative estimate of drug-likeness (QED) is 0.795. The van der Waals surface area contributed by atoms with E-state index in [0.29, 0.717) is 12.5 Å². The molecule has 3 nitrogen and oxygen atoms in total. The maximum atomic E-state index is 10.8. The zero-order chi connectivity index (χ0) is 13.9. The van der Waals surface area contributed by atoms with Crippen molar-refractivity contribution in [2.45, 2.75) is 13.5 Å². The van der Waals surface area contributed by atoms with Crippen LogP contribution in [0, 0.1) is 5.92 Å². The number of hydrogen-bond acceptors (Lipinski definition) is 3. The van der Waals surface area contributed by atoms with Crippen LogP contribution in [0.4, 0.5) is 0 Å². The predicted molar refractivity (Wildman–Crippen MR) is 76.2 cm³/mol. The largest absolute Gasteiger partial charge is 0.457 e. The molecule has 0 radical (unpaired) electrons. The number of ether oxygens (including phenoxy) is 2. The van der Waals surface area contributed by atoms with Crippen molar-refractivity contribution in [3.63, 3.8) is 0 Å². The van der Waals surface area contributed by atoms with Crippen LogP contribution in [0.2, 0.25) is 0 Å². The molecule has 1 aromatic carbocycles. The number of rotatable bonds is 6. The van der Waals surface area contributed by atoms with Crippen molar-refractivity contribution in [1.82, 2.24) is 0 Å². The number of carbonyl (C=O) groups is 1. The minimum Gasteiger partial charge on any atom is -0.457 e. The van der Waals surface area contributed by atoms with Crippen LogP contribution in [0.3, 0.4) is 0 Å². The number of hydrogen-bond donors (Lipinski definition) is 0. The third kappa shape index (κ3) is 3.25. The molecule has 0 amide bonds. The highest BCUT2D eigenvalue weighted by molar-refractivity contribution is 5.76. The van der Waals surface area contributed by atoms with Gasteiger partial charge >= 0.3 is 0 Å². The van der Waals surface area contributed by atoms with Crippen molar-refractivity contribution in [1.29, 1.82) is 0 Å². The molecule has 0 saturated heterocycles. The van der Waals surface area contributed by atoms with Crippen LogP contribution in [0.5, 0.6) is 5.75 Å². The molecule has 0 spiro atoms. The molecule has 0 saturated carbocycles. The lowest BCUT2D eigenvalue weighted by atomic mass is 10.1. The molecule has 3 rings (SSSR count). The van der Waals surface area contributed by atoms with Gasteiger partial charge in [0.15, 0.2) is 5.78 Å². The van der Waals surface area contributed by atoms with Gasteiger partial charge in [0.1, 0.15) is 18.1 Å². The summed E-state index contributed by atoms with van der Waals surface area (Å²) in [5, 5.41) is 0. The summed E-state index contributed by atoms with van der Waals surface area (Å²) in [6, 6.07) is 7.71. The van der Waals surface area contributed by atoms with Crippen molar-refractivity contribution < 1.29 is 14.3 Å². The molecule has 0 aromatic heterocycles. The van der Waals surface area contributed by atoms with Crippen molar-refractivity contribution in [2.24, 2.45) is 5.92 Å². The number of fused-ring (bicyclic) bond motifs is 1. The Morgan fingerprint density at radius 2 is 2.05 bits per heavy atom. The molecule has 2 aliphatic carbocycles. The van der Waals surface area contributed by atoms with E-state index in [2.05, 4.69) is 18.2 Å². The summed E-state index contributed by atoms with van der Waals surface area (Å²) in [7, 11) is 0. The van der Waals surface area contributed by atoms with E-state index < -0.39 is 0 Å². The average molecular weight is 268 g/mol. The van der Waals surface area contributed by atoms with Crippen molar-refractivity contribution in [3.05, 3.63) is 65.5 Å². The van der Waals surface area contributed by atoms with Crippen molar-refractivity contribution in [3.8, 4) is 5.75 Å². The highest BCUT2D eigenvalue weighted by Gasteiger charge is 2.23. The van der Waals surface area contributed by atoms with E-state index in [1.807, 2.05) is 30.3 Å². The van der Waals surface area contributed by atoms with Gasteiger partial charge in [0.2, 0.25) is 0 Å². The van der Waals surface area contributed by atoms with Crippen molar-refractivity contribution in [2.75, 3.05) is 6.61 Å². The minimum atomic E-state index is 0.0358. The van der Waals surface area contributed by atoms with Gasteiger partial charge in [0.25, 0.3) is 0 Å². The fourth-order valence-electron chi connectivity index (χ4n) is 2.05. The lowest BCUT2D eigenvalue weighted by Gasteiger charge is -2.09. The molecule has 0 aliphatic heterocycles. The maximum Gasteiger partial charge on any atom is 0.155 e. The molecular weight excluding hydrogens is 252 g/mol. The van der Waals surface area contributed by atoms with Gasteiger partial charge in [-0.1, -0.05) is 24.3 Å². The minimum absolute atomic E-state index is 0.0358. The van der Waals surface area contributed by atoms with Crippen molar-refractivity contribution >= 4 is 5.78 Å². The fraction of sp³-hybridized carbons (Fsp3) is 0.235. The summed E-state index contributed by atoms with van der Waals surface area (Å²) >= 11 is 0. The Labute approximate surface area is 118 Å². The number of Topliss-reactive ketones (excluding diaryl/α,β-unsaturated/α-hetero) is 1. The molecular formula is C17H16O3. The van der Waals surface area contributed by atoms with Gasteiger partial charge in [-0.25, -0.2) is 0 Å². The second kappa shape index (κ2) is 5.47. The predicted octanol–water partition coefficient (Wildman–Crippen LogP) is 3.18. The molecule has 1 atom stereocenters. The normalized spacial score (nSPS) is 18.9. The molecule has 3 heteroatoms. The standard InChI is InChI=1S/C17H16O3/c1-12(18)10-19-11-13-2-5-16(6-3-13)20-17-7-4-14-8-15(14)9-17/h2-9,14H,10-11H2,1H3. The average Bonchev–Trinajstić information content (AvgIpc) is 3.19. The SMILES string of the molecule is CC(=O)COCc1ccc(OC2=CC3=CC3C=C2)cc1. The lowest BCUT2D eigenvalue weighted by Crippen LogP contribution is -2.03. The fourth-order valence-corrected chi connectivity index (χ4v) is 2.05. The van der Waals surface area contributed by atoms with E-state index in [0.717, 1.165) is 17.1 Å². The van der Waals surface area contributed by atoms with E-state index in [4.69, 9.17) is 9.47 Å². The van der Waals surface area contributed by atoms with E-state index in [9.17, 15) is 4.79 Å². The first-order valence-electron chi connectivity index (χ1n) is 6.66. The number of allylic oxidation sites excluding steroid dienone is 5. The Hall–Kier alpha value is -2.13. The molecule has 20 heavy (non-hydrogen) atoms. The lowest BCUT2D eigenvalue weighted by molar-refractivity contribution is -0.121. The van der Waals surface area contributed by atoms with E-state index >= 15 is 0 Å². The first-order valence-corrected chi connectivity index (χ1v) is 6.66. The van der Waals surface area contributed by atoms with Gasteiger partial charge < -0.3 is 9.47 Å². The van der Waals surface area contributed by atoms with E-state index in [1.165, 1.54) is 12.5 Å². The zero-order valence-corrected chi connectivity index (χ0v) is 11.3. The van der Waals surface area contributed by atoms with Gasteiger partial charge in [-0.2, -0.15) is 0 Å². The van der Waals surface area contributed by atoms with Gasteiger partial charge in [-0.05, 0) is 42.3 Å². The Morgan fingerprint density at radius 3 is 2.75 bits per heavy atom. The Bertz CT molecular complexity index is 606. The molecule has 0 N–H and O–H groups in total. The molecule has 0 bridgehead atoms. The highest BCUT2D eigenvalue weighted by Crippen LogP contribution is 2.36. The monoisotopic (exact) mass is 268 g/mol. The van der Waals surface area contributed by atoms with E-state index in [-0.39, 0.29) is 12.4 Å². The van der Waals surface area contributed by atoms with E-state index in [1.54, 1.807) is 0 Å². The van der Waals surface area contributed by atoms with Crippen LogP contribution in [0.25, 0.3) is 0 Å². The summed E-state index contributed by atoms with van der Waals surface area (Å²) < 4.78 is 11.1. The number of ketones is 1. The summed E-state index contributed by atoms with van der Waals surface area (Å²) in [6.45, 7) is 2.12. The summed E-state index contributed by atoms with van der Waals surface area (Å²) in [4.78, 5) is 10.8. The van der Waals surface area contributed by atoms with Crippen LogP contribution < -0.4 is 4.74 Å². The third-order valence-corrected chi connectivity index (χ3v) is 3.16. The molecule has 102 valence electrons. The molecule has 1 aromatic rings. The summed E-state index contributed by atoms with van der Waals surface area (Å²) in [5.41, 5.74) is 2.36. The first kappa shape index (κ1) is 12.9. The molecule has 0 fully saturated rings. The second-order valence-electron chi connectivity index (χ2n) is 5.04. The van der Waals surface area contributed by atoms with Crippen LogP contribution in [0.15, 0.2) is 59.9 Å². The zero-order valence-electron chi connectivity index (χ0n) is 11.3. The van der Waals surface area contributed by atoms with Crippen LogP contribution >= 0.6 is 0 Å². The topological polar surface area (TPSA) is 35.5 Å². The van der Waals surface area contributed by atoms with Gasteiger partial charge in [0.05, 0.1) is 6.61 Å². The Morgan fingerprint density at radius 1 is 1.25 bits per heavy atom. The highest BCUT2D eigenvalue weighted by atomic mass is 16.5. The smallest absolute Gasteiger partial charge is 0.155 e. The van der Waals surface area contributed by atoms with Crippen LogP contribution in [-0.4, -0.2) is 12.4 Å². The van der Waals surface area contributed by atoms with Crippen LogP contribution in [-0.2, 0) is 16.1 Å². The van der Waals surface area contributed by atoms with Gasteiger partial charge in [-0.3, -0.25) is 4.79 Å². The number of benzene rings is 1. The number of carbonyl (C=O) groups excluding carboxylic acids is 1.